The molecule has 0 saturated carbocycles. The summed E-state index contributed by atoms with van der Waals surface area (Å²) in [7, 11) is 9.95. The Labute approximate surface area is 521 Å². The van der Waals surface area contributed by atoms with E-state index in [0.717, 1.165) is 24.2 Å². The quantitative estimate of drug-likeness (QED) is 0.239. The molecule has 88 heavy (non-hydrogen) atoms. The molecule has 0 aromatic heterocycles. The maximum atomic E-state index is 15.4. The number of benzene rings is 2. The zero-order valence-corrected chi connectivity index (χ0v) is 55.0. The van der Waals surface area contributed by atoms with E-state index >= 15 is 9.59 Å². The molecule has 23 heteroatoms. The van der Waals surface area contributed by atoms with Crippen LogP contribution in [0.1, 0.15) is 125 Å². The van der Waals surface area contributed by atoms with Crippen LogP contribution in [0, 0.1) is 17.8 Å². The van der Waals surface area contributed by atoms with E-state index in [1.807, 2.05) is 34.6 Å². The van der Waals surface area contributed by atoms with Crippen molar-refractivity contribution in [3.8, 4) is 0 Å². The Hall–Kier alpha value is -7.43. The molecule has 0 aliphatic carbocycles. The highest BCUT2D eigenvalue weighted by atomic mass is 16.3. The molecular weight excluding hydrogens is 1130 g/mol. The molecule has 11 atom stereocenters. The Morgan fingerprint density at radius 2 is 0.955 bits per heavy atom. The van der Waals surface area contributed by atoms with E-state index in [1.54, 1.807) is 72.5 Å². The summed E-state index contributed by atoms with van der Waals surface area (Å²) < 4.78 is 0. The van der Waals surface area contributed by atoms with Crippen molar-refractivity contribution in [1.82, 2.24) is 55.1 Å². The largest absolute Gasteiger partial charge is 0.391 e. The number of likely N-dealkylation sites (tertiary alicyclic amines) is 1. The van der Waals surface area contributed by atoms with Crippen LogP contribution in [0.15, 0.2) is 60.7 Å². The Morgan fingerprint density at radius 1 is 0.500 bits per heavy atom. The molecule has 4 N–H and O–H groups in total. The molecule has 2 aromatic carbocycles. The van der Waals surface area contributed by atoms with Crippen molar-refractivity contribution in [2.45, 2.75) is 187 Å². The second-order valence-electron chi connectivity index (χ2n) is 25.1. The number of likely N-dealkylation sites (N-methyl/N-ethyl adjacent to an activating group) is 6. The monoisotopic (exact) mass is 1230 g/mol. The Kier molecular flexibility index (Phi) is 28.0. The summed E-state index contributed by atoms with van der Waals surface area (Å²) in [6, 6.07) is 6.06. The number of carbonyl (C=O) groups excluding carboxylic acids is 11. The van der Waals surface area contributed by atoms with E-state index in [0.29, 0.717) is 30.6 Å². The van der Waals surface area contributed by atoms with Gasteiger partial charge in [-0.15, -0.1) is 0 Å². The van der Waals surface area contributed by atoms with Crippen molar-refractivity contribution >= 4 is 65.0 Å². The number of piperidine rings is 1. The summed E-state index contributed by atoms with van der Waals surface area (Å²) in [5, 5.41) is 19.7. The second-order valence-corrected chi connectivity index (χ2v) is 25.1. The number of amides is 11. The van der Waals surface area contributed by atoms with E-state index in [4.69, 9.17) is 0 Å². The lowest BCUT2D eigenvalue weighted by Crippen LogP contribution is -2.63. The Bertz CT molecular complexity index is 2720. The first-order valence-electron chi connectivity index (χ1n) is 31.1. The fraction of sp³-hybridized carbons (Fsp3) is 0.646. The Balaban J connectivity index is 1.89. The van der Waals surface area contributed by atoms with Gasteiger partial charge in [0, 0.05) is 88.2 Å². The molecule has 11 amide bonds. The van der Waals surface area contributed by atoms with Crippen LogP contribution in [0.4, 0.5) is 0 Å². The number of rotatable bonds is 12. The number of carbonyl (C=O) groups is 11. The van der Waals surface area contributed by atoms with Gasteiger partial charge in [0.05, 0.1) is 12.5 Å². The average Bonchev–Trinajstić information content (AvgIpc) is 2.30. The third kappa shape index (κ3) is 19.5. The standard InChI is InChI=1S/C65H101N11O12/c1-17-42(6)55-64(87)75(16)52(38-47-29-23-19-24-30-47)63(86)73(14)50(37-46-27-21-18-22-28-46)59(82)68-56(45(9)77)65(88)71(12)44(8)60(83)74(15)51(36-41(4)5)62(85)72(13)49(35-40(2)3)58(81)66-48(61(84)76-32-25-20-26-33-76)39-54(79)69(10)34-31-53(78)70(11)43(7)57(80)67-55/h18-19,21-24,27-30,40-45,48-52,55-56,77H,17,20,25-26,31-39H2,1-16H3,(H,66,81)(H,67,80)(H,68,82)/t42-,43-,44-,45+,48-,49-,50-,51-,52-,55-,56-/m0/s1. The topological polar surface area (TPSA) is 270 Å². The molecule has 2 aliphatic heterocycles. The number of aliphatic hydroxyl groups is 1. The number of aliphatic hydroxyl groups excluding tert-OH is 1. The van der Waals surface area contributed by atoms with Gasteiger partial charge in [0.1, 0.15) is 54.4 Å². The molecule has 2 saturated heterocycles. The first kappa shape index (κ1) is 73.0. The molecule has 0 bridgehead atoms. The van der Waals surface area contributed by atoms with Crippen molar-refractivity contribution < 1.29 is 57.8 Å². The van der Waals surface area contributed by atoms with Crippen molar-refractivity contribution in [2.75, 3.05) is 69.0 Å². The molecule has 0 unspecified atom stereocenters. The van der Waals surface area contributed by atoms with Crippen LogP contribution in [0.3, 0.4) is 0 Å². The average molecular weight is 1230 g/mol. The first-order valence-corrected chi connectivity index (χ1v) is 31.1. The molecule has 2 heterocycles. The van der Waals surface area contributed by atoms with Gasteiger partial charge < -0.3 is 60.3 Å². The van der Waals surface area contributed by atoms with Gasteiger partial charge in [-0.2, -0.15) is 0 Å². The number of nitrogens with one attached hydrogen (secondary N) is 3. The van der Waals surface area contributed by atoms with Crippen LogP contribution >= 0.6 is 0 Å². The molecule has 4 rings (SSSR count). The van der Waals surface area contributed by atoms with E-state index in [-0.39, 0.29) is 50.5 Å². The molecule has 0 spiro atoms. The van der Waals surface area contributed by atoms with Crippen LogP contribution in [0.5, 0.6) is 0 Å². The number of hydrogen-bond acceptors (Lipinski definition) is 12. The Morgan fingerprint density at radius 3 is 1.48 bits per heavy atom. The van der Waals surface area contributed by atoms with Crippen molar-refractivity contribution in [1.29, 1.82) is 0 Å². The molecule has 23 nitrogen and oxygen atoms in total. The molecule has 2 fully saturated rings. The van der Waals surface area contributed by atoms with Gasteiger partial charge in [-0.3, -0.25) is 52.7 Å². The van der Waals surface area contributed by atoms with Crippen LogP contribution in [0.2, 0.25) is 0 Å². The lowest BCUT2D eigenvalue weighted by molar-refractivity contribution is -0.153. The van der Waals surface area contributed by atoms with Crippen molar-refractivity contribution in [3.63, 3.8) is 0 Å². The summed E-state index contributed by atoms with van der Waals surface area (Å²) in [6.07, 6.45) is 0.618. The van der Waals surface area contributed by atoms with Gasteiger partial charge in [-0.05, 0) is 81.8 Å². The zero-order valence-electron chi connectivity index (χ0n) is 55.0. The van der Waals surface area contributed by atoms with Crippen molar-refractivity contribution in [2.24, 2.45) is 17.8 Å². The van der Waals surface area contributed by atoms with Crippen LogP contribution < -0.4 is 16.0 Å². The fourth-order valence-corrected chi connectivity index (χ4v) is 11.1. The summed E-state index contributed by atoms with van der Waals surface area (Å²) in [6.45, 7) is 16.0. The van der Waals surface area contributed by atoms with Gasteiger partial charge in [0.2, 0.25) is 65.0 Å². The highest BCUT2D eigenvalue weighted by molar-refractivity contribution is 5.99. The van der Waals surface area contributed by atoms with Gasteiger partial charge >= 0.3 is 0 Å². The lowest BCUT2D eigenvalue weighted by atomic mass is 9.95. The minimum Gasteiger partial charge on any atom is -0.391 e. The maximum absolute atomic E-state index is 15.4. The maximum Gasteiger partial charge on any atom is 0.248 e. The van der Waals surface area contributed by atoms with Crippen LogP contribution in [0.25, 0.3) is 0 Å². The summed E-state index contributed by atoms with van der Waals surface area (Å²) >= 11 is 0. The van der Waals surface area contributed by atoms with E-state index in [2.05, 4.69) is 16.0 Å². The van der Waals surface area contributed by atoms with Crippen LogP contribution in [-0.4, -0.2) is 239 Å². The van der Waals surface area contributed by atoms with Gasteiger partial charge in [0.15, 0.2) is 0 Å². The zero-order chi connectivity index (χ0) is 66.0. The first-order chi connectivity index (χ1) is 41.3. The smallest absolute Gasteiger partial charge is 0.248 e. The highest BCUT2D eigenvalue weighted by Gasteiger charge is 2.44. The predicted octanol–water partition coefficient (Wildman–Crippen LogP) is 2.71. The van der Waals surface area contributed by atoms with Gasteiger partial charge in [-0.25, -0.2) is 0 Å². The minimum absolute atomic E-state index is 0.0277. The molecule has 488 valence electrons. The second kappa shape index (κ2) is 33.8. The van der Waals surface area contributed by atoms with Gasteiger partial charge in [0.25, 0.3) is 0 Å². The minimum atomic E-state index is -1.68. The SMILES string of the molecule is CC[C@H](C)[C@@H]1NC(=O)[C@H](C)N(C)C(=O)CCN(C)C(=O)C[C@@H](C(=O)N2CCCCC2)NC(=O)[C@H](CC(C)C)N(C)C(=O)[C@H](CC(C)C)N(C)C(=O)[C@H](C)N(C)C(=O)[C@H]([C@@H](C)O)NC(=O)[C@H](Cc2ccccc2)N(C)C(=O)[C@H](Cc2ccccc2)N(C)C1=O. The van der Waals surface area contributed by atoms with E-state index in [1.165, 1.54) is 99.5 Å². The molecule has 2 aliphatic rings. The lowest BCUT2D eigenvalue weighted by Gasteiger charge is -2.39. The fourth-order valence-electron chi connectivity index (χ4n) is 11.1. The number of nitrogens with zero attached hydrogens (tertiary/aromatic N) is 8. The third-order valence-electron chi connectivity index (χ3n) is 17.6. The number of hydrogen-bond donors (Lipinski definition) is 4. The summed E-state index contributed by atoms with van der Waals surface area (Å²) in [4.78, 5) is 171. The highest BCUT2D eigenvalue weighted by Crippen LogP contribution is 2.23. The van der Waals surface area contributed by atoms with Gasteiger partial charge in [-0.1, -0.05) is 109 Å². The summed E-state index contributed by atoms with van der Waals surface area (Å²) in [5.74, 6) is -8.09. The van der Waals surface area contributed by atoms with E-state index < -0.39 is 138 Å². The normalized spacial score (nSPS) is 26.0. The summed E-state index contributed by atoms with van der Waals surface area (Å²) in [5.41, 5.74) is 1.30. The van der Waals surface area contributed by atoms with Crippen molar-refractivity contribution in [3.05, 3.63) is 71.8 Å². The molecule has 2 aromatic rings. The predicted molar refractivity (Wildman–Crippen MR) is 334 cm³/mol. The van der Waals surface area contributed by atoms with E-state index in [9.17, 15) is 48.3 Å². The molecular formula is C65H101N11O12. The third-order valence-corrected chi connectivity index (χ3v) is 17.6. The molecule has 0 radical (unpaired) electrons. The van der Waals surface area contributed by atoms with Crippen LogP contribution in [-0.2, 0) is 65.6 Å².